The maximum Gasteiger partial charge on any atom is 0.170 e. The Hall–Kier alpha value is -1.59. The van der Waals surface area contributed by atoms with E-state index < -0.39 is 0 Å². The van der Waals surface area contributed by atoms with E-state index in [9.17, 15) is 0 Å². The van der Waals surface area contributed by atoms with E-state index in [2.05, 4.69) is 17.2 Å². The summed E-state index contributed by atoms with van der Waals surface area (Å²) in [5.74, 6) is 1.49. The Bertz CT molecular complexity index is 656. The number of hydrogen-bond acceptors (Lipinski definition) is 5. The fourth-order valence-corrected chi connectivity index (χ4v) is 3.99. The first kappa shape index (κ1) is 16.3. The molecule has 4 nitrogen and oxygen atoms in total. The predicted octanol–water partition coefficient (Wildman–Crippen LogP) is 4.20. The number of ether oxygens (including phenoxy) is 2. The minimum atomic E-state index is 0.653. The number of benzene rings is 1. The Morgan fingerprint density at radius 3 is 2.87 bits per heavy atom. The van der Waals surface area contributed by atoms with Crippen LogP contribution in [0.5, 0.6) is 11.5 Å². The number of hydrogen-bond donors (Lipinski definition) is 0. The van der Waals surface area contributed by atoms with E-state index >= 15 is 0 Å². The number of nitrogens with zero attached hydrogens (tertiary/aromatic N) is 2. The van der Waals surface area contributed by atoms with E-state index in [1.54, 1.807) is 25.6 Å². The van der Waals surface area contributed by atoms with Gasteiger partial charge in [-0.2, -0.15) is 0 Å². The third-order valence-electron chi connectivity index (χ3n) is 4.49. The molecule has 1 aromatic carbocycles. The first-order chi connectivity index (χ1) is 11.2. The fraction of sp³-hybridized carbons (Fsp3) is 0.500. The van der Waals surface area contributed by atoms with Crippen molar-refractivity contribution in [3.8, 4) is 22.1 Å². The van der Waals surface area contributed by atoms with Crippen molar-refractivity contribution in [2.75, 3.05) is 20.8 Å². The summed E-state index contributed by atoms with van der Waals surface area (Å²) in [5, 5.41) is 3.15. The maximum atomic E-state index is 5.53. The molecule has 1 aromatic heterocycles. The Kier molecular flexibility index (Phi) is 5.18. The molecule has 2 heterocycles. The van der Waals surface area contributed by atoms with Gasteiger partial charge in [-0.1, -0.05) is 12.5 Å². The molecule has 1 unspecified atom stereocenters. The molecule has 1 aliphatic rings. The van der Waals surface area contributed by atoms with Crippen LogP contribution in [0.25, 0.3) is 10.6 Å². The number of aromatic nitrogens is 1. The standard InChI is InChI=1S/C18H24N2O2S/c1-13-7-4-5-10-20(13)11-14-12-23-18(19-14)15-8-6-9-16(21-2)17(15)22-3/h6,8-9,12-13H,4-5,7,10-11H2,1-3H3. The van der Waals surface area contributed by atoms with Crippen LogP contribution >= 0.6 is 11.3 Å². The monoisotopic (exact) mass is 332 g/mol. The zero-order valence-electron chi connectivity index (χ0n) is 14.0. The first-order valence-electron chi connectivity index (χ1n) is 8.12. The molecule has 1 aliphatic heterocycles. The summed E-state index contributed by atoms with van der Waals surface area (Å²) in [4.78, 5) is 7.37. The predicted molar refractivity (Wildman–Crippen MR) is 94.4 cm³/mol. The molecule has 0 spiro atoms. The number of rotatable bonds is 5. The number of thiazole rings is 1. The van der Waals surface area contributed by atoms with Gasteiger partial charge in [0.2, 0.25) is 0 Å². The quantitative estimate of drug-likeness (QED) is 0.822. The molecule has 23 heavy (non-hydrogen) atoms. The zero-order valence-corrected chi connectivity index (χ0v) is 14.9. The van der Waals surface area contributed by atoms with Crippen molar-refractivity contribution in [1.82, 2.24) is 9.88 Å². The van der Waals surface area contributed by atoms with E-state index in [0.717, 1.165) is 34.3 Å². The Labute approximate surface area is 142 Å². The van der Waals surface area contributed by atoms with E-state index in [0.29, 0.717) is 6.04 Å². The highest BCUT2D eigenvalue weighted by Crippen LogP contribution is 2.39. The smallest absolute Gasteiger partial charge is 0.170 e. The van der Waals surface area contributed by atoms with Crippen LogP contribution in [0.1, 0.15) is 31.9 Å². The Balaban J connectivity index is 1.82. The van der Waals surface area contributed by atoms with Crippen molar-refractivity contribution >= 4 is 11.3 Å². The topological polar surface area (TPSA) is 34.6 Å². The van der Waals surface area contributed by atoms with Crippen LogP contribution < -0.4 is 9.47 Å². The number of likely N-dealkylation sites (tertiary alicyclic amines) is 1. The highest BCUT2D eigenvalue weighted by molar-refractivity contribution is 7.13. The van der Waals surface area contributed by atoms with Gasteiger partial charge in [-0.05, 0) is 38.4 Å². The second kappa shape index (κ2) is 7.32. The van der Waals surface area contributed by atoms with Crippen molar-refractivity contribution in [3.05, 3.63) is 29.3 Å². The van der Waals surface area contributed by atoms with Crippen LogP contribution in [0.15, 0.2) is 23.6 Å². The van der Waals surface area contributed by atoms with Gasteiger partial charge < -0.3 is 9.47 Å². The van der Waals surface area contributed by atoms with Crippen LogP contribution in [0, 0.1) is 0 Å². The van der Waals surface area contributed by atoms with Crippen molar-refractivity contribution in [3.63, 3.8) is 0 Å². The van der Waals surface area contributed by atoms with Gasteiger partial charge in [-0.15, -0.1) is 11.3 Å². The lowest BCUT2D eigenvalue weighted by atomic mass is 10.0. The summed E-state index contributed by atoms with van der Waals surface area (Å²) in [6.07, 6.45) is 3.94. The molecule has 1 atom stereocenters. The SMILES string of the molecule is COc1cccc(-c2nc(CN3CCCCC3C)cs2)c1OC. The molecule has 0 amide bonds. The van der Waals surface area contributed by atoms with Crippen LogP contribution in [0.2, 0.25) is 0 Å². The molecule has 0 bridgehead atoms. The van der Waals surface area contributed by atoms with Gasteiger partial charge in [0.1, 0.15) is 5.01 Å². The Morgan fingerprint density at radius 1 is 1.26 bits per heavy atom. The largest absolute Gasteiger partial charge is 0.493 e. The summed E-state index contributed by atoms with van der Waals surface area (Å²) in [6, 6.07) is 6.57. The van der Waals surface area contributed by atoms with E-state index in [1.165, 1.54) is 25.8 Å². The lowest BCUT2D eigenvalue weighted by Crippen LogP contribution is -2.36. The summed E-state index contributed by atoms with van der Waals surface area (Å²) in [5.41, 5.74) is 2.14. The maximum absolute atomic E-state index is 5.53. The van der Waals surface area contributed by atoms with Gasteiger partial charge in [-0.3, -0.25) is 4.90 Å². The minimum Gasteiger partial charge on any atom is -0.493 e. The van der Waals surface area contributed by atoms with E-state index in [-0.39, 0.29) is 0 Å². The highest BCUT2D eigenvalue weighted by atomic mass is 32.1. The zero-order chi connectivity index (χ0) is 16.2. The van der Waals surface area contributed by atoms with E-state index in [1.807, 2.05) is 18.2 Å². The van der Waals surface area contributed by atoms with Crippen LogP contribution in [-0.2, 0) is 6.54 Å². The first-order valence-corrected chi connectivity index (χ1v) is 9.00. The van der Waals surface area contributed by atoms with Crippen molar-refractivity contribution in [2.45, 2.75) is 38.8 Å². The summed E-state index contributed by atoms with van der Waals surface area (Å²) in [6.45, 7) is 4.43. The molecule has 2 aromatic rings. The third kappa shape index (κ3) is 3.51. The van der Waals surface area contributed by atoms with E-state index in [4.69, 9.17) is 14.5 Å². The van der Waals surface area contributed by atoms with Gasteiger partial charge in [0.05, 0.1) is 25.5 Å². The van der Waals surface area contributed by atoms with Gasteiger partial charge in [0.25, 0.3) is 0 Å². The highest BCUT2D eigenvalue weighted by Gasteiger charge is 2.20. The second-order valence-corrected chi connectivity index (χ2v) is 6.86. The normalized spacial score (nSPS) is 18.8. The van der Waals surface area contributed by atoms with Crippen LogP contribution in [0.4, 0.5) is 0 Å². The van der Waals surface area contributed by atoms with Crippen LogP contribution in [-0.4, -0.2) is 36.7 Å². The van der Waals surface area contributed by atoms with Gasteiger partial charge in [0.15, 0.2) is 11.5 Å². The molecule has 124 valence electrons. The van der Waals surface area contributed by atoms with Crippen molar-refractivity contribution in [1.29, 1.82) is 0 Å². The molecule has 3 rings (SSSR count). The van der Waals surface area contributed by atoms with Gasteiger partial charge in [-0.25, -0.2) is 4.98 Å². The molecule has 0 N–H and O–H groups in total. The fourth-order valence-electron chi connectivity index (χ4n) is 3.16. The van der Waals surface area contributed by atoms with Crippen molar-refractivity contribution < 1.29 is 9.47 Å². The lowest BCUT2D eigenvalue weighted by molar-refractivity contribution is 0.151. The summed E-state index contributed by atoms with van der Waals surface area (Å²) < 4.78 is 10.9. The van der Waals surface area contributed by atoms with Crippen molar-refractivity contribution in [2.24, 2.45) is 0 Å². The Morgan fingerprint density at radius 2 is 2.13 bits per heavy atom. The number of methoxy groups -OCH3 is 2. The second-order valence-electron chi connectivity index (χ2n) is 6.00. The number of para-hydroxylation sites is 1. The van der Waals surface area contributed by atoms with Gasteiger partial charge in [0, 0.05) is 18.0 Å². The molecule has 5 heteroatoms. The molecular formula is C18H24N2O2S. The summed E-state index contributed by atoms with van der Waals surface area (Å²) >= 11 is 1.67. The molecule has 1 saturated heterocycles. The van der Waals surface area contributed by atoms with Gasteiger partial charge >= 0.3 is 0 Å². The number of piperidine rings is 1. The third-order valence-corrected chi connectivity index (χ3v) is 5.42. The molecule has 0 radical (unpaired) electrons. The average molecular weight is 332 g/mol. The molecule has 1 fully saturated rings. The lowest BCUT2D eigenvalue weighted by Gasteiger charge is -2.32. The summed E-state index contributed by atoms with van der Waals surface area (Å²) in [7, 11) is 3.33. The minimum absolute atomic E-state index is 0.653. The molecule has 0 aliphatic carbocycles. The van der Waals surface area contributed by atoms with Crippen LogP contribution in [0.3, 0.4) is 0 Å². The molecule has 0 saturated carbocycles. The average Bonchev–Trinajstić information content (AvgIpc) is 3.04. The molecular weight excluding hydrogens is 308 g/mol.